The van der Waals surface area contributed by atoms with Gasteiger partial charge >= 0.3 is 6.09 Å². The Bertz CT molecular complexity index is 816. The number of carbonyl (C=O) groups excluding carboxylic acids is 3. The Labute approximate surface area is 199 Å². The molecule has 3 amide bonds. The minimum absolute atomic E-state index is 0.214. The third kappa shape index (κ3) is 8.71. The maximum Gasteiger partial charge on any atom is 0.408 e. The van der Waals surface area contributed by atoms with Crippen molar-refractivity contribution >= 4 is 17.9 Å². The van der Waals surface area contributed by atoms with Crippen LogP contribution in [0.3, 0.4) is 0 Å². The number of rotatable bonds is 10. The second-order valence-electron chi connectivity index (χ2n) is 9.78. The smallest absolute Gasteiger partial charge is 0.408 e. The highest BCUT2D eigenvalue weighted by atomic mass is 16.6. The summed E-state index contributed by atoms with van der Waals surface area (Å²) in [4.78, 5) is 41.0. The molecule has 1 rings (SSSR count). The quantitative estimate of drug-likeness (QED) is 0.490. The van der Waals surface area contributed by atoms with Gasteiger partial charge in [0, 0.05) is 12.6 Å². The van der Waals surface area contributed by atoms with Crippen LogP contribution in [0.4, 0.5) is 4.79 Å². The standard InChI is InChI=1S/C26H43N3O4/c1-10-12-15-27-23(30)22(21-14-13-17(3)16-18(21)4)29(19(5)11-2)24(31)20(6)28-25(32)33-26(7,8)9/h13-14,16,19-20,22H,10-12,15H2,1-9H3,(H,27,30)(H,28,32). The van der Waals surface area contributed by atoms with Crippen LogP contribution < -0.4 is 10.6 Å². The molecule has 186 valence electrons. The van der Waals surface area contributed by atoms with Crippen LogP contribution in [0.25, 0.3) is 0 Å². The molecule has 0 aromatic heterocycles. The number of unbranched alkanes of at least 4 members (excludes halogenated alkanes) is 1. The second kappa shape index (κ2) is 12.6. The number of hydrogen-bond donors (Lipinski definition) is 2. The molecule has 0 aliphatic carbocycles. The lowest BCUT2D eigenvalue weighted by molar-refractivity contribution is -0.144. The van der Waals surface area contributed by atoms with Gasteiger partial charge in [0.15, 0.2) is 0 Å². The zero-order valence-corrected chi connectivity index (χ0v) is 21.9. The van der Waals surface area contributed by atoms with Crippen molar-refractivity contribution in [2.24, 2.45) is 0 Å². The maximum atomic E-state index is 13.6. The van der Waals surface area contributed by atoms with E-state index in [0.717, 1.165) is 29.5 Å². The fourth-order valence-corrected chi connectivity index (χ4v) is 3.60. The molecule has 3 unspecified atom stereocenters. The van der Waals surface area contributed by atoms with Crippen molar-refractivity contribution in [3.8, 4) is 0 Å². The minimum atomic E-state index is -0.856. The summed E-state index contributed by atoms with van der Waals surface area (Å²) in [6, 6.07) is 4.02. The summed E-state index contributed by atoms with van der Waals surface area (Å²) in [6.45, 7) is 17.4. The summed E-state index contributed by atoms with van der Waals surface area (Å²) in [5, 5.41) is 5.64. The first-order chi connectivity index (χ1) is 15.3. The van der Waals surface area contributed by atoms with Gasteiger partial charge in [-0.2, -0.15) is 0 Å². The number of nitrogens with one attached hydrogen (secondary N) is 2. The van der Waals surface area contributed by atoms with Crippen LogP contribution in [0.1, 0.15) is 90.5 Å². The Morgan fingerprint density at radius 2 is 1.73 bits per heavy atom. The van der Waals surface area contributed by atoms with E-state index < -0.39 is 23.8 Å². The molecule has 0 spiro atoms. The van der Waals surface area contributed by atoms with Crippen LogP contribution in [0.2, 0.25) is 0 Å². The highest BCUT2D eigenvalue weighted by Crippen LogP contribution is 2.29. The average molecular weight is 462 g/mol. The predicted molar refractivity (Wildman–Crippen MR) is 132 cm³/mol. The third-order valence-corrected chi connectivity index (χ3v) is 5.50. The van der Waals surface area contributed by atoms with Gasteiger partial charge in [0.25, 0.3) is 0 Å². The molecule has 33 heavy (non-hydrogen) atoms. The molecule has 0 aliphatic rings. The SMILES string of the molecule is CCCCNC(=O)C(c1ccc(C)cc1C)N(C(=O)C(C)NC(=O)OC(C)(C)C)C(C)CC. The van der Waals surface area contributed by atoms with E-state index in [1.54, 1.807) is 32.6 Å². The fraction of sp³-hybridized carbons (Fsp3) is 0.654. The molecule has 0 saturated heterocycles. The average Bonchev–Trinajstić information content (AvgIpc) is 2.70. The van der Waals surface area contributed by atoms with E-state index in [9.17, 15) is 14.4 Å². The summed E-state index contributed by atoms with van der Waals surface area (Å²) in [5.74, 6) is -0.542. The van der Waals surface area contributed by atoms with Crippen LogP contribution in [0.5, 0.6) is 0 Å². The number of hydrogen-bond acceptors (Lipinski definition) is 4. The lowest BCUT2D eigenvalue weighted by Crippen LogP contribution is -2.54. The number of carbonyl (C=O) groups is 3. The van der Waals surface area contributed by atoms with E-state index in [1.165, 1.54) is 0 Å². The highest BCUT2D eigenvalue weighted by molar-refractivity contribution is 5.92. The summed E-state index contributed by atoms with van der Waals surface area (Å²) in [6.07, 6.45) is 1.82. The molecule has 7 nitrogen and oxygen atoms in total. The van der Waals surface area contributed by atoms with Crippen molar-refractivity contribution in [3.05, 3.63) is 34.9 Å². The Kier molecular flexibility index (Phi) is 10.9. The van der Waals surface area contributed by atoms with Crippen LogP contribution in [-0.2, 0) is 14.3 Å². The van der Waals surface area contributed by atoms with Crippen molar-refractivity contribution in [2.45, 2.75) is 105 Å². The van der Waals surface area contributed by atoms with Gasteiger partial charge in [-0.25, -0.2) is 4.79 Å². The summed E-state index contributed by atoms with van der Waals surface area (Å²) >= 11 is 0. The monoisotopic (exact) mass is 461 g/mol. The normalized spacial score (nSPS) is 14.1. The van der Waals surface area contributed by atoms with Crippen molar-refractivity contribution in [1.29, 1.82) is 0 Å². The number of nitrogens with zero attached hydrogens (tertiary/aromatic N) is 1. The predicted octanol–water partition coefficient (Wildman–Crippen LogP) is 4.80. The third-order valence-electron chi connectivity index (χ3n) is 5.50. The summed E-state index contributed by atoms with van der Waals surface area (Å²) < 4.78 is 5.32. The molecule has 3 atom stereocenters. The Hall–Kier alpha value is -2.57. The van der Waals surface area contributed by atoms with Gasteiger partial charge in [-0.05, 0) is 72.4 Å². The molecular formula is C26H43N3O4. The Morgan fingerprint density at radius 1 is 1.09 bits per heavy atom. The van der Waals surface area contributed by atoms with Crippen LogP contribution >= 0.6 is 0 Å². The van der Waals surface area contributed by atoms with E-state index >= 15 is 0 Å². The van der Waals surface area contributed by atoms with Gasteiger partial charge in [0.05, 0.1) is 0 Å². The number of alkyl carbamates (subject to hydrolysis) is 1. The molecule has 0 fully saturated rings. The van der Waals surface area contributed by atoms with Crippen LogP contribution in [-0.4, -0.2) is 47.0 Å². The van der Waals surface area contributed by atoms with E-state index in [2.05, 4.69) is 17.6 Å². The molecule has 2 N–H and O–H groups in total. The molecule has 0 heterocycles. The van der Waals surface area contributed by atoms with Gasteiger partial charge in [0.1, 0.15) is 17.7 Å². The molecule has 0 radical (unpaired) electrons. The van der Waals surface area contributed by atoms with Crippen molar-refractivity contribution in [2.75, 3.05) is 6.54 Å². The molecule has 0 bridgehead atoms. The fourth-order valence-electron chi connectivity index (χ4n) is 3.60. The number of amides is 3. The lowest BCUT2D eigenvalue weighted by Gasteiger charge is -2.38. The minimum Gasteiger partial charge on any atom is -0.444 e. The van der Waals surface area contributed by atoms with Gasteiger partial charge in [-0.3, -0.25) is 9.59 Å². The van der Waals surface area contributed by atoms with Gasteiger partial charge in [-0.15, -0.1) is 0 Å². The number of benzene rings is 1. The molecular weight excluding hydrogens is 418 g/mol. The largest absolute Gasteiger partial charge is 0.444 e. The number of aryl methyl sites for hydroxylation is 2. The first kappa shape index (κ1) is 28.5. The molecule has 7 heteroatoms. The maximum absolute atomic E-state index is 13.6. The number of ether oxygens (including phenoxy) is 1. The van der Waals surface area contributed by atoms with E-state index in [-0.39, 0.29) is 17.9 Å². The van der Waals surface area contributed by atoms with E-state index in [0.29, 0.717) is 13.0 Å². The van der Waals surface area contributed by atoms with Gasteiger partial charge in [0.2, 0.25) is 11.8 Å². The summed E-state index contributed by atoms with van der Waals surface area (Å²) in [7, 11) is 0. The van der Waals surface area contributed by atoms with Gasteiger partial charge in [-0.1, -0.05) is 44.0 Å². The van der Waals surface area contributed by atoms with E-state index in [1.807, 2.05) is 45.9 Å². The van der Waals surface area contributed by atoms with Crippen molar-refractivity contribution < 1.29 is 19.1 Å². The lowest BCUT2D eigenvalue weighted by atomic mass is 9.95. The van der Waals surface area contributed by atoms with Crippen molar-refractivity contribution in [3.63, 3.8) is 0 Å². The molecule has 1 aromatic carbocycles. The molecule has 0 saturated carbocycles. The van der Waals surface area contributed by atoms with E-state index in [4.69, 9.17) is 4.74 Å². The van der Waals surface area contributed by atoms with Gasteiger partial charge < -0.3 is 20.3 Å². The molecule has 1 aromatic rings. The van der Waals surface area contributed by atoms with Crippen LogP contribution in [0, 0.1) is 13.8 Å². The second-order valence-corrected chi connectivity index (χ2v) is 9.78. The van der Waals surface area contributed by atoms with Crippen molar-refractivity contribution in [1.82, 2.24) is 15.5 Å². The topological polar surface area (TPSA) is 87.7 Å². The first-order valence-corrected chi connectivity index (χ1v) is 12.0. The van der Waals surface area contributed by atoms with Crippen LogP contribution in [0.15, 0.2) is 18.2 Å². The zero-order chi connectivity index (χ0) is 25.3. The summed E-state index contributed by atoms with van der Waals surface area (Å²) in [5.41, 5.74) is 2.14. The first-order valence-electron chi connectivity index (χ1n) is 12.0. The molecule has 0 aliphatic heterocycles. The Morgan fingerprint density at radius 3 is 2.24 bits per heavy atom. The Balaban J connectivity index is 3.37. The highest BCUT2D eigenvalue weighted by Gasteiger charge is 2.37. The zero-order valence-electron chi connectivity index (χ0n) is 21.9.